The number of carboxylic acids is 1. The van der Waals surface area contributed by atoms with Crippen molar-refractivity contribution in [2.45, 2.75) is 360 Å². The molecule has 0 aromatic heterocycles. The summed E-state index contributed by atoms with van der Waals surface area (Å²) >= 11 is 0. The molecular formula is C90H154NO8+. The van der Waals surface area contributed by atoms with Gasteiger partial charge in [0.15, 0.2) is 6.10 Å². The quantitative estimate of drug-likeness (QED) is 0.0211. The number of carbonyl (C=O) groups is 3. The maximum absolute atomic E-state index is 13.0. The van der Waals surface area contributed by atoms with Gasteiger partial charge < -0.3 is 28.5 Å². The Kier molecular flexibility index (Phi) is 75.0. The molecule has 0 aliphatic rings. The Bertz CT molecular complexity index is 2150. The summed E-state index contributed by atoms with van der Waals surface area (Å²) in [6.07, 6.45) is 113. The molecule has 0 aliphatic heterocycles. The predicted octanol–water partition coefficient (Wildman–Crippen LogP) is 26.6. The van der Waals surface area contributed by atoms with Crippen LogP contribution in [-0.4, -0.2) is 87.4 Å². The molecule has 0 bridgehead atoms. The lowest BCUT2D eigenvalue weighted by Crippen LogP contribution is -2.40. The van der Waals surface area contributed by atoms with Crippen LogP contribution in [0.25, 0.3) is 0 Å². The SMILES string of the molecule is CC/C=C\C/C=C\C/C=C\C/C=C\C/C=C\C/C=C\C/C=C\CCCCCCCCCCCCCCCCCCCC(=O)OC(COC(=O)CCCCCCCCCCCCCCCCCCCCC/C=C\C/C=C\C/C=C\C/C=C\C/C=C\CC)COC(OCC[N+](C)(C)C)C(=O)O. The van der Waals surface area contributed by atoms with Gasteiger partial charge in [-0.25, -0.2) is 4.79 Å². The highest BCUT2D eigenvalue weighted by atomic mass is 16.7. The van der Waals surface area contributed by atoms with Crippen LogP contribution in [0, 0.1) is 0 Å². The minimum Gasteiger partial charge on any atom is -0.477 e. The monoisotopic (exact) mass is 1380 g/mol. The van der Waals surface area contributed by atoms with Gasteiger partial charge in [0.25, 0.3) is 6.29 Å². The van der Waals surface area contributed by atoms with Gasteiger partial charge in [-0.3, -0.25) is 9.59 Å². The van der Waals surface area contributed by atoms with Crippen molar-refractivity contribution in [3.63, 3.8) is 0 Å². The molecular weight excluding hydrogens is 1220 g/mol. The molecule has 2 unspecified atom stereocenters. The lowest BCUT2D eigenvalue weighted by atomic mass is 10.0. The number of nitrogens with zero attached hydrogens (tertiary/aromatic N) is 1. The largest absolute Gasteiger partial charge is 0.477 e. The maximum Gasteiger partial charge on any atom is 0.361 e. The third-order valence-electron chi connectivity index (χ3n) is 17.6. The van der Waals surface area contributed by atoms with Crippen LogP contribution in [0.5, 0.6) is 0 Å². The van der Waals surface area contributed by atoms with Gasteiger partial charge in [0.2, 0.25) is 0 Å². The number of aliphatic carboxylic acids is 1. The van der Waals surface area contributed by atoms with Crippen LogP contribution in [0.2, 0.25) is 0 Å². The fourth-order valence-corrected chi connectivity index (χ4v) is 11.4. The van der Waals surface area contributed by atoms with Crippen molar-refractivity contribution in [1.82, 2.24) is 0 Å². The van der Waals surface area contributed by atoms with Gasteiger partial charge >= 0.3 is 17.9 Å². The molecule has 0 aliphatic carbocycles. The number of esters is 2. The van der Waals surface area contributed by atoms with Crippen LogP contribution < -0.4 is 0 Å². The first-order chi connectivity index (χ1) is 48.6. The number of quaternary nitrogens is 1. The molecule has 9 nitrogen and oxygen atoms in total. The summed E-state index contributed by atoms with van der Waals surface area (Å²) in [5.41, 5.74) is 0. The minimum atomic E-state index is -1.52. The lowest BCUT2D eigenvalue weighted by molar-refractivity contribution is -0.870. The van der Waals surface area contributed by atoms with Gasteiger partial charge in [-0.1, -0.05) is 365 Å². The second kappa shape index (κ2) is 78.9. The van der Waals surface area contributed by atoms with E-state index in [2.05, 4.69) is 160 Å². The van der Waals surface area contributed by atoms with E-state index in [0.717, 1.165) is 116 Å². The molecule has 2 atom stereocenters. The summed E-state index contributed by atoms with van der Waals surface area (Å²) in [5.74, 6) is -1.99. The molecule has 9 heteroatoms. The first-order valence-corrected chi connectivity index (χ1v) is 41.0. The summed E-state index contributed by atoms with van der Waals surface area (Å²) in [5, 5.41) is 9.78. The molecule has 99 heavy (non-hydrogen) atoms. The van der Waals surface area contributed by atoms with Crippen LogP contribution in [0.1, 0.15) is 348 Å². The van der Waals surface area contributed by atoms with E-state index in [1.807, 2.05) is 21.1 Å². The van der Waals surface area contributed by atoms with Crippen molar-refractivity contribution < 1.29 is 42.9 Å². The Morgan fingerprint density at radius 3 is 0.808 bits per heavy atom. The highest BCUT2D eigenvalue weighted by molar-refractivity contribution is 5.71. The highest BCUT2D eigenvalue weighted by Gasteiger charge is 2.25. The zero-order chi connectivity index (χ0) is 71.8. The van der Waals surface area contributed by atoms with Crippen molar-refractivity contribution in [1.29, 1.82) is 0 Å². The predicted molar refractivity (Wildman–Crippen MR) is 428 cm³/mol. The Hall–Kier alpha value is -4.83. The number of carboxylic acid groups (broad SMARTS) is 1. The first kappa shape index (κ1) is 94.2. The van der Waals surface area contributed by atoms with E-state index in [9.17, 15) is 19.5 Å². The molecule has 0 saturated heterocycles. The van der Waals surface area contributed by atoms with Crippen LogP contribution in [0.3, 0.4) is 0 Å². The number of hydrogen-bond acceptors (Lipinski definition) is 7. The van der Waals surface area contributed by atoms with Crippen molar-refractivity contribution >= 4 is 17.9 Å². The van der Waals surface area contributed by atoms with Crippen LogP contribution in [0.15, 0.2) is 146 Å². The Morgan fingerprint density at radius 2 is 0.545 bits per heavy atom. The number of ether oxygens (including phenoxy) is 4. The zero-order valence-corrected chi connectivity index (χ0v) is 64.9. The van der Waals surface area contributed by atoms with Crippen molar-refractivity contribution in [3.8, 4) is 0 Å². The van der Waals surface area contributed by atoms with E-state index < -0.39 is 24.3 Å². The average molecular weight is 1380 g/mol. The number of allylic oxidation sites excluding steroid dienone is 24. The van der Waals surface area contributed by atoms with E-state index in [1.165, 1.54) is 205 Å². The van der Waals surface area contributed by atoms with Gasteiger partial charge in [-0.2, -0.15) is 0 Å². The summed E-state index contributed by atoms with van der Waals surface area (Å²) in [4.78, 5) is 37.8. The van der Waals surface area contributed by atoms with E-state index in [1.54, 1.807) is 0 Å². The molecule has 0 rings (SSSR count). The van der Waals surface area contributed by atoms with E-state index in [0.29, 0.717) is 17.4 Å². The summed E-state index contributed by atoms with van der Waals surface area (Å²) in [7, 11) is 5.99. The Balaban J connectivity index is 4.02. The normalized spacial score (nSPS) is 13.4. The minimum absolute atomic E-state index is 0.184. The molecule has 566 valence electrons. The summed E-state index contributed by atoms with van der Waals surface area (Å²) in [6, 6.07) is 0. The molecule has 0 aromatic rings. The van der Waals surface area contributed by atoms with Gasteiger partial charge in [0.05, 0.1) is 34.4 Å². The first-order valence-electron chi connectivity index (χ1n) is 41.0. The van der Waals surface area contributed by atoms with Crippen molar-refractivity contribution in [3.05, 3.63) is 146 Å². The third-order valence-corrected chi connectivity index (χ3v) is 17.6. The van der Waals surface area contributed by atoms with Crippen LogP contribution >= 0.6 is 0 Å². The molecule has 0 fully saturated rings. The number of likely N-dealkylation sites (N-methyl/N-ethyl adjacent to an activating group) is 1. The standard InChI is InChI=1S/C90H153NO8/c1-6-8-10-12-14-16-18-20-22-24-26-28-30-32-34-36-38-40-42-43-44-45-47-49-51-53-55-57-59-61-63-65-67-69-71-73-75-77-79-81-88(93)99-86(85-98-90(89(94)95)96-83-82-91(3,4)5)84-97-87(92)80-78-76-74-72-70-68-66-64-62-60-58-56-54-52-50-48-46-41-39-37-35-33-31-29-27-25-23-21-19-17-15-13-11-9-7-2/h8-11,14-17,20-23,26-29,32-35,38,40,43-44,86,90H,6-7,12-13,18-19,24-25,30-31,36-37,39,41-42,45-85H2,1-5H3/p+1/b10-8-,11-9-,16-14-,17-15-,22-20-,23-21-,28-26-,29-27-,34-32-,35-33-,40-38-,44-43-. The molecule has 0 radical (unpaired) electrons. The average Bonchev–Trinajstić information content (AvgIpc) is 1.14. The Morgan fingerprint density at radius 1 is 0.303 bits per heavy atom. The highest BCUT2D eigenvalue weighted by Crippen LogP contribution is 2.19. The van der Waals surface area contributed by atoms with Gasteiger partial charge in [0.1, 0.15) is 13.2 Å². The fourth-order valence-electron chi connectivity index (χ4n) is 11.4. The molecule has 0 saturated carbocycles. The van der Waals surface area contributed by atoms with Crippen molar-refractivity contribution in [2.75, 3.05) is 47.5 Å². The number of carbonyl (C=O) groups excluding carboxylic acids is 2. The molecule has 0 aromatic carbocycles. The van der Waals surface area contributed by atoms with Gasteiger partial charge in [0, 0.05) is 12.8 Å². The van der Waals surface area contributed by atoms with E-state index >= 15 is 0 Å². The second-order valence-electron chi connectivity index (χ2n) is 28.3. The van der Waals surface area contributed by atoms with Gasteiger partial charge in [-0.05, 0) is 116 Å². The lowest BCUT2D eigenvalue weighted by Gasteiger charge is -2.25. The topological polar surface area (TPSA) is 108 Å². The third kappa shape index (κ3) is 80.4. The molecule has 0 spiro atoms. The number of unbranched alkanes of at least 4 members (excludes halogenated alkanes) is 36. The zero-order valence-electron chi connectivity index (χ0n) is 64.9. The van der Waals surface area contributed by atoms with Crippen molar-refractivity contribution in [2.24, 2.45) is 0 Å². The second-order valence-corrected chi connectivity index (χ2v) is 28.3. The smallest absolute Gasteiger partial charge is 0.361 e. The molecule has 0 heterocycles. The molecule has 0 amide bonds. The molecule has 1 N–H and O–H groups in total. The maximum atomic E-state index is 13.0. The number of rotatable bonds is 75. The van der Waals surface area contributed by atoms with Crippen LogP contribution in [-0.2, 0) is 33.3 Å². The number of hydrogen-bond donors (Lipinski definition) is 1. The van der Waals surface area contributed by atoms with Gasteiger partial charge in [-0.15, -0.1) is 0 Å². The fraction of sp³-hybridized carbons (Fsp3) is 0.700. The van der Waals surface area contributed by atoms with E-state index in [4.69, 9.17) is 18.9 Å². The Labute approximate surface area is 611 Å². The summed E-state index contributed by atoms with van der Waals surface area (Å²) in [6.45, 7) is 4.68. The van der Waals surface area contributed by atoms with Crippen LogP contribution in [0.4, 0.5) is 0 Å². The summed E-state index contributed by atoms with van der Waals surface area (Å²) < 4.78 is 23.1. The van der Waals surface area contributed by atoms with E-state index in [-0.39, 0.29) is 32.2 Å².